The van der Waals surface area contributed by atoms with Crippen LogP contribution < -0.4 is 10.2 Å². The third-order valence-electron chi connectivity index (χ3n) is 3.60. The van der Waals surface area contributed by atoms with Gasteiger partial charge in [0.25, 0.3) is 0 Å². The summed E-state index contributed by atoms with van der Waals surface area (Å²) in [5, 5.41) is 2.60. The number of halogens is 3. The van der Waals surface area contributed by atoms with Crippen molar-refractivity contribution in [3.63, 3.8) is 0 Å². The molecule has 134 valence electrons. The van der Waals surface area contributed by atoms with Crippen LogP contribution in [0, 0.1) is 0 Å². The lowest BCUT2D eigenvalue weighted by atomic mass is 10.4. The van der Waals surface area contributed by atoms with Gasteiger partial charge in [-0.15, -0.1) is 0 Å². The van der Waals surface area contributed by atoms with Crippen LogP contribution >= 0.6 is 0 Å². The number of nitrogens with zero attached hydrogens (tertiary/aromatic N) is 5. The van der Waals surface area contributed by atoms with Crippen molar-refractivity contribution in [1.29, 1.82) is 0 Å². The number of nitrogens with one attached hydrogen (secondary N) is 1. The maximum absolute atomic E-state index is 12.5. The molecule has 0 unspecified atom stereocenters. The summed E-state index contributed by atoms with van der Waals surface area (Å²) in [4.78, 5) is 25.0. The molecule has 0 aromatic carbocycles. The first-order chi connectivity index (χ1) is 11.2. The van der Waals surface area contributed by atoms with Gasteiger partial charge in [-0.25, -0.2) is 9.78 Å². The molecule has 0 radical (unpaired) electrons. The van der Waals surface area contributed by atoms with Gasteiger partial charge >= 0.3 is 12.2 Å². The van der Waals surface area contributed by atoms with E-state index in [0.717, 1.165) is 0 Å². The van der Waals surface area contributed by atoms with Gasteiger partial charge in [-0.3, -0.25) is 10.2 Å². The van der Waals surface area contributed by atoms with Gasteiger partial charge in [-0.2, -0.15) is 18.2 Å². The molecule has 2 amide bonds. The Morgan fingerprint density at radius 3 is 2.71 bits per heavy atom. The Balaban J connectivity index is 1.92. The predicted octanol–water partition coefficient (Wildman–Crippen LogP) is 1.64. The summed E-state index contributed by atoms with van der Waals surface area (Å²) < 4.78 is 37.4. The molecule has 0 aliphatic carbocycles. The molecule has 0 spiro atoms. The minimum atomic E-state index is -4.22. The first-order valence-corrected chi connectivity index (χ1v) is 7.60. The molecule has 1 fully saturated rings. The number of hydrogen-bond acceptors (Lipinski definition) is 5. The van der Waals surface area contributed by atoms with Crippen molar-refractivity contribution in [1.82, 2.24) is 19.8 Å². The van der Waals surface area contributed by atoms with E-state index in [1.54, 1.807) is 11.0 Å². The van der Waals surface area contributed by atoms with E-state index in [9.17, 15) is 18.0 Å². The number of rotatable bonds is 3. The van der Waals surface area contributed by atoms with Crippen LogP contribution in [-0.4, -0.2) is 78.8 Å². The number of alkyl halides is 3. The Morgan fingerprint density at radius 1 is 1.29 bits per heavy atom. The van der Waals surface area contributed by atoms with Gasteiger partial charge in [0, 0.05) is 46.5 Å². The number of aromatic nitrogens is 2. The average molecular weight is 346 g/mol. The number of carbonyl (C=O) groups excluding carboxylic acids is 1. The molecule has 1 aliphatic heterocycles. The van der Waals surface area contributed by atoms with Crippen molar-refractivity contribution in [2.75, 3.05) is 57.0 Å². The lowest BCUT2D eigenvalue weighted by Crippen LogP contribution is -2.40. The molecule has 1 N–H and O–H groups in total. The fourth-order valence-corrected chi connectivity index (χ4v) is 2.42. The molecule has 1 aromatic heterocycles. The van der Waals surface area contributed by atoms with Crippen LogP contribution in [0.5, 0.6) is 0 Å². The molecule has 10 heteroatoms. The van der Waals surface area contributed by atoms with E-state index >= 15 is 0 Å². The van der Waals surface area contributed by atoms with Gasteiger partial charge in [-0.1, -0.05) is 0 Å². The van der Waals surface area contributed by atoms with E-state index in [2.05, 4.69) is 15.3 Å². The molecule has 1 aromatic rings. The summed E-state index contributed by atoms with van der Waals surface area (Å²) in [6, 6.07) is 1.30. The highest BCUT2D eigenvalue weighted by molar-refractivity contribution is 5.87. The lowest BCUT2D eigenvalue weighted by molar-refractivity contribution is -0.145. The molecule has 0 bridgehead atoms. The highest BCUT2D eigenvalue weighted by Crippen LogP contribution is 2.18. The standard InChI is InChI=1S/C14H21F3N6O/c1-21(2)11-4-5-18-12(19-11)20-13(24)23-7-3-6-22(8-9-23)10-14(15,16)17/h4-5H,3,6-10H2,1-2H3,(H,18,19,20,24). The average Bonchev–Trinajstić information content (AvgIpc) is 2.71. The van der Waals surface area contributed by atoms with E-state index in [-0.39, 0.29) is 19.0 Å². The highest BCUT2D eigenvalue weighted by Gasteiger charge is 2.31. The van der Waals surface area contributed by atoms with E-state index in [1.165, 1.54) is 16.0 Å². The summed E-state index contributed by atoms with van der Waals surface area (Å²) in [7, 11) is 3.63. The summed E-state index contributed by atoms with van der Waals surface area (Å²) in [5.41, 5.74) is 0. The number of hydrogen-bond donors (Lipinski definition) is 1. The van der Waals surface area contributed by atoms with Gasteiger partial charge in [0.15, 0.2) is 0 Å². The van der Waals surface area contributed by atoms with Crippen LogP contribution in [-0.2, 0) is 0 Å². The van der Waals surface area contributed by atoms with Crippen molar-refractivity contribution in [3.05, 3.63) is 12.3 Å². The van der Waals surface area contributed by atoms with E-state index in [4.69, 9.17) is 0 Å². The molecular formula is C14H21F3N6O. The van der Waals surface area contributed by atoms with Crippen molar-refractivity contribution in [2.24, 2.45) is 0 Å². The van der Waals surface area contributed by atoms with Crippen LogP contribution in [0.25, 0.3) is 0 Å². The van der Waals surface area contributed by atoms with Crippen molar-refractivity contribution < 1.29 is 18.0 Å². The van der Waals surface area contributed by atoms with Crippen molar-refractivity contribution in [3.8, 4) is 0 Å². The van der Waals surface area contributed by atoms with Gasteiger partial charge in [0.05, 0.1) is 6.54 Å². The summed E-state index contributed by atoms with van der Waals surface area (Å²) >= 11 is 0. The molecule has 0 saturated carbocycles. The lowest BCUT2D eigenvalue weighted by Gasteiger charge is -2.22. The second kappa shape index (κ2) is 7.65. The zero-order valence-corrected chi connectivity index (χ0v) is 13.7. The second-order valence-corrected chi connectivity index (χ2v) is 5.79. The number of urea groups is 1. The van der Waals surface area contributed by atoms with E-state index < -0.39 is 18.8 Å². The van der Waals surface area contributed by atoms with Crippen LogP contribution in [0.3, 0.4) is 0 Å². The number of carbonyl (C=O) groups is 1. The zero-order chi connectivity index (χ0) is 17.7. The maximum Gasteiger partial charge on any atom is 0.401 e. The molecule has 7 nitrogen and oxygen atoms in total. The monoisotopic (exact) mass is 346 g/mol. The molecular weight excluding hydrogens is 325 g/mol. The SMILES string of the molecule is CN(C)c1ccnc(NC(=O)N2CCCN(CC(F)(F)F)CC2)n1. The van der Waals surface area contributed by atoms with E-state index in [1.807, 2.05) is 14.1 Å². The Labute approximate surface area is 138 Å². The van der Waals surface area contributed by atoms with Crippen LogP contribution in [0.15, 0.2) is 12.3 Å². The van der Waals surface area contributed by atoms with Crippen LogP contribution in [0.4, 0.5) is 29.7 Å². The zero-order valence-electron chi connectivity index (χ0n) is 13.7. The summed E-state index contributed by atoms with van der Waals surface area (Å²) in [6.07, 6.45) is -2.20. The Kier molecular flexibility index (Phi) is 5.81. The fraction of sp³-hybridized carbons (Fsp3) is 0.643. The van der Waals surface area contributed by atoms with Gasteiger partial charge in [0.2, 0.25) is 5.95 Å². The Hall–Kier alpha value is -2.10. The number of amides is 2. The Bertz CT molecular complexity index is 566. The second-order valence-electron chi connectivity index (χ2n) is 5.79. The fourth-order valence-electron chi connectivity index (χ4n) is 2.42. The third-order valence-corrected chi connectivity index (χ3v) is 3.60. The third kappa shape index (κ3) is 5.52. The van der Waals surface area contributed by atoms with Gasteiger partial charge < -0.3 is 9.80 Å². The summed E-state index contributed by atoms with van der Waals surface area (Å²) in [6.45, 7) is 0.181. The van der Waals surface area contributed by atoms with Gasteiger partial charge in [-0.05, 0) is 12.5 Å². The van der Waals surface area contributed by atoms with Crippen LogP contribution in [0.2, 0.25) is 0 Å². The Morgan fingerprint density at radius 2 is 2.04 bits per heavy atom. The number of anilines is 2. The predicted molar refractivity (Wildman–Crippen MR) is 84.1 cm³/mol. The topological polar surface area (TPSA) is 64.6 Å². The molecule has 2 rings (SSSR count). The highest BCUT2D eigenvalue weighted by atomic mass is 19.4. The molecule has 1 saturated heterocycles. The minimum absolute atomic E-state index is 0.169. The van der Waals surface area contributed by atoms with Crippen LogP contribution in [0.1, 0.15) is 6.42 Å². The summed E-state index contributed by atoms with van der Waals surface area (Å²) in [5.74, 6) is 0.815. The minimum Gasteiger partial charge on any atom is -0.363 e. The smallest absolute Gasteiger partial charge is 0.363 e. The molecule has 0 atom stereocenters. The van der Waals surface area contributed by atoms with Crippen molar-refractivity contribution in [2.45, 2.75) is 12.6 Å². The van der Waals surface area contributed by atoms with Crippen molar-refractivity contribution >= 4 is 17.8 Å². The normalized spacial score (nSPS) is 16.6. The largest absolute Gasteiger partial charge is 0.401 e. The molecule has 1 aliphatic rings. The van der Waals surface area contributed by atoms with E-state index in [0.29, 0.717) is 25.3 Å². The quantitative estimate of drug-likeness (QED) is 0.902. The first-order valence-electron chi connectivity index (χ1n) is 7.60. The molecule has 2 heterocycles. The van der Waals surface area contributed by atoms with Gasteiger partial charge in [0.1, 0.15) is 5.82 Å². The maximum atomic E-state index is 12.5. The molecule has 24 heavy (non-hydrogen) atoms. The first kappa shape index (κ1) is 18.2.